The molecule has 21 heavy (non-hydrogen) atoms. The number of hydrogen-bond donors (Lipinski definition) is 0. The molecular formula is C15H13BrF3NO. The van der Waals surface area contributed by atoms with Crippen LogP contribution in [0.25, 0.3) is 11.1 Å². The molecule has 0 bridgehead atoms. The molecule has 2 rings (SSSR count). The highest BCUT2D eigenvalue weighted by Crippen LogP contribution is 2.36. The van der Waals surface area contributed by atoms with E-state index in [0.29, 0.717) is 21.5 Å². The lowest BCUT2D eigenvalue weighted by atomic mass is 10.0. The standard InChI is InChI=1S/C15H13BrF3NO/c1-9(2)21-14-6-3-10(8-20-14)12-7-11(15(17,18)19)4-5-13(12)16/h3-9H,1-2H3. The number of alkyl halides is 3. The highest BCUT2D eigenvalue weighted by molar-refractivity contribution is 9.10. The van der Waals surface area contributed by atoms with Gasteiger partial charge in [0.15, 0.2) is 0 Å². The third-order valence-corrected chi connectivity index (χ3v) is 3.39. The van der Waals surface area contributed by atoms with Crippen LogP contribution < -0.4 is 4.74 Å². The highest BCUT2D eigenvalue weighted by atomic mass is 79.9. The Morgan fingerprint density at radius 2 is 1.86 bits per heavy atom. The second-order valence-electron chi connectivity index (χ2n) is 4.74. The average molecular weight is 360 g/mol. The van der Waals surface area contributed by atoms with Crippen LogP contribution in [0.15, 0.2) is 41.0 Å². The van der Waals surface area contributed by atoms with Gasteiger partial charge in [-0.05, 0) is 43.7 Å². The molecule has 0 spiro atoms. The van der Waals surface area contributed by atoms with E-state index in [2.05, 4.69) is 20.9 Å². The lowest BCUT2D eigenvalue weighted by Crippen LogP contribution is -2.06. The molecule has 0 N–H and O–H groups in total. The molecule has 0 amide bonds. The highest BCUT2D eigenvalue weighted by Gasteiger charge is 2.31. The zero-order valence-electron chi connectivity index (χ0n) is 11.4. The van der Waals surface area contributed by atoms with Crippen molar-refractivity contribution in [1.82, 2.24) is 4.98 Å². The van der Waals surface area contributed by atoms with Crippen LogP contribution in [0.4, 0.5) is 13.2 Å². The number of benzene rings is 1. The molecule has 6 heteroatoms. The number of ether oxygens (including phenoxy) is 1. The minimum absolute atomic E-state index is 0.0105. The topological polar surface area (TPSA) is 22.1 Å². The van der Waals surface area contributed by atoms with E-state index in [4.69, 9.17) is 4.74 Å². The van der Waals surface area contributed by atoms with Gasteiger partial charge in [0, 0.05) is 22.3 Å². The molecule has 112 valence electrons. The van der Waals surface area contributed by atoms with E-state index < -0.39 is 11.7 Å². The van der Waals surface area contributed by atoms with Gasteiger partial charge in [-0.2, -0.15) is 13.2 Å². The zero-order valence-corrected chi connectivity index (χ0v) is 13.0. The molecule has 1 aromatic carbocycles. The van der Waals surface area contributed by atoms with Crippen molar-refractivity contribution in [3.05, 3.63) is 46.6 Å². The molecule has 0 fully saturated rings. The number of rotatable bonds is 3. The van der Waals surface area contributed by atoms with Gasteiger partial charge < -0.3 is 4.74 Å². The number of aromatic nitrogens is 1. The Kier molecular flexibility index (Phi) is 4.56. The third-order valence-electron chi connectivity index (χ3n) is 2.70. The van der Waals surface area contributed by atoms with Gasteiger partial charge in [0.2, 0.25) is 5.88 Å². The maximum atomic E-state index is 12.8. The van der Waals surface area contributed by atoms with Gasteiger partial charge >= 0.3 is 6.18 Å². The average Bonchev–Trinajstić information content (AvgIpc) is 2.38. The predicted molar refractivity (Wildman–Crippen MR) is 78.1 cm³/mol. The first-order valence-corrected chi connectivity index (χ1v) is 7.06. The molecule has 0 radical (unpaired) electrons. The van der Waals surface area contributed by atoms with Crippen LogP contribution in [0, 0.1) is 0 Å². The molecule has 0 atom stereocenters. The van der Waals surface area contributed by atoms with Crippen LogP contribution in [-0.4, -0.2) is 11.1 Å². The maximum absolute atomic E-state index is 12.8. The second kappa shape index (κ2) is 6.05. The Hall–Kier alpha value is -1.56. The normalized spacial score (nSPS) is 11.8. The summed E-state index contributed by atoms with van der Waals surface area (Å²) in [6, 6.07) is 6.85. The van der Waals surface area contributed by atoms with Crippen molar-refractivity contribution in [2.75, 3.05) is 0 Å². The minimum atomic E-state index is -4.37. The quantitative estimate of drug-likeness (QED) is 0.739. The Morgan fingerprint density at radius 1 is 1.14 bits per heavy atom. The van der Waals surface area contributed by atoms with E-state index in [0.717, 1.165) is 12.1 Å². The van der Waals surface area contributed by atoms with Crippen LogP contribution in [0.1, 0.15) is 19.4 Å². The summed E-state index contributed by atoms with van der Waals surface area (Å²) in [7, 11) is 0. The van der Waals surface area contributed by atoms with Crippen LogP contribution in [0.2, 0.25) is 0 Å². The summed E-state index contributed by atoms with van der Waals surface area (Å²) >= 11 is 3.27. The Labute approximate surface area is 129 Å². The van der Waals surface area contributed by atoms with Gasteiger partial charge in [0.25, 0.3) is 0 Å². The molecule has 0 saturated heterocycles. The van der Waals surface area contributed by atoms with E-state index in [1.165, 1.54) is 12.3 Å². The predicted octanol–water partition coefficient (Wildman–Crippen LogP) is 5.32. The van der Waals surface area contributed by atoms with Crippen molar-refractivity contribution in [3.63, 3.8) is 0 Å². The SMILES string of the molecule is CC(C)Oc1ccc(-c2cc(C(F)(F)F)ccc2Br)cn1. The van der Waals surface area contributed by atoms with E-state index >= 15 is 0 Å². The largest absolute Gasteiger partial charge is 0.475 e. The fourth-order valence-electron chi connectivity index (χ4n) is 1.77. The summed E-state index contributed by atoms with van der Waals surface area (Å²) in [6.07, 6.45) is -2.88. The fourth-order valence-corrected chi connectivity index (χ4v) is 2.25. The van der Waals surface area contributed by atoms with Crippen LogP contribution in [-0.2, 0) is 6.18 Å². The summed E-state index contributed by atoms with van der Waals surface area (Å²) in [6.45, 7) is 3.75. The molecule has 0 saturated carbocycles. The third kappa shape index (κ3) is 3.97. The molecule has 0 aliphatic heterocycles. The van der Waals surface area contributed by atoms with Crippen molar-refractivity contribution >= 4 is 15.9 Å². The monoisotopic (exact) mass is 359 g/mol. The van der Waals surface area contributed by atoms with Crippen LogP contribution in [0.3, 0.4) is 0 Å². The van der Waals surface area contributed by atoms with Crippen LogP contribution >= 0.6 is 15.9 Å². The van der Waals surface area contributed by atoms with Crippen molar-refractivity contribution in [2.45, 2.75) is 26.1 Å². The molecule has 1 aromatic heterocycles. The number of pyridine rings is 1. The summed E-state index contributed by atoms with van der Waals surface area (Å²) in [4.78, 5) is 4.10. The molecule has 0 aliphatic carbocycles. The summed E-state index contributed by atoms with van der Waals surface area (Å²) in [5.74, 6) is 0.442. The van der Waals surface area contributed by atoms with E-state index in [9.17, 15) is 13.2 Å². The second-order valence-corrected chi connectivity index (χ2v) is 5.60. The molecule has 2 nitrogen and oxygen atoms in total. The Bertz CT molecular complexity index is 624. The summed E-state index contributed by atoms with van der Waals surface area (Å²) in [5.41, 5.74) is 0.334. The van der Waals surface area contributed by atoms with E-state index in [1.54, 1.807) is 12.1 Å². The smallest absolute Gasteiger partial charge is 0.416 e. The molecule has 0 unspecified atom stereocenters. The molecular weight excluding hydrogens is 347 g/mol. The van der Waals surface area contributed by atoms with Gasteiger partial charge in [0.05, 0.1) is 11.7 Å². The van der Waals surface area contributed by atoms with E-state index in [-0.39, 0.29) is 6.10 Å². The fraction of sp³-hybridized carbons (Fsp3) is 0.267. The van der Waals surface area contributed by atoms with Crippen molar-refractivity contribution in [3.8, 4) is 17.0 Å². The van der Waals surface area contributed by atoms with Crippen molar-refractivity contribution in [1.29, 1.82) is 0 Å². The maximum Gasteiger partial charge on any atom is 0.416 e. The van der Waals surface area contributed by atoms with E-state index in [1.807, 2.05) is 13.8 Å². The Morgan fingerprint density at radius 3 is 2.38 bits per heavy atom. The molecule has 1 heterocycles. The van der Waals surface area contributed by atoms with Crippen LogP contribution in [0.5, 0.6) is 5.88 Å². The first-order chi connectivity index (χ1) is 9.77. The zero-order chi connectivity index (χ0) is 15.6. The van der Waals surface area contributed by atoms with Gasteiger partial charge in [-0.1, -0.05) is 15.9 Å². The van der Waals surface area contributed by atoms with Gasteiger partial charge in [-0.3, -0.25) is 0 Å². The summed E-state index contributed by atoms with van der Waals surface area (Å²) < 4.78 is 44.3. The van der Waals surface area contributed by atoms with Gasteiger partial charge in [0.1, 0.15) is 0 Å². The first-order valence-electron chi connectivity index (χ1n) is 6.27. The van der Waals surface area contributed by atoms with Crippen molar-refractivity contribution in [2.24, 2.45) is 0 Å². The van der Waals surface area contributed by atoms with Gasteiger partial charge in [-0.15, -0.1) is 0 Å². The summed E-state index contributed by atoms with van der Waals surface area (Å²) in [5, 5.41) is 0. The lowest BCUT2D eigenvalue weighted by molar-refractivity contribution is -0.137. The first kappa shape index (κ1) is 15.8. The van der Waals surface area contributed by atoms with Crippen molar-refractivity contribution < 1.29 is 17.9 Å². The minimum Gasteiger partial charge on any atom is -0.475 e. The number of nitrogens with zero attached hydrogens (tertiary/aromatic N) is 1. The van der Waals surface area contributed by atoms with Gasteiger partial charge in [-0.25, -0.2) is 4.98 Å². The molecule has 0 aliphatic rings. The number of hydrogen-bond acceptors (Lipinski definition) is 2. The Balaban J connectivity index is 2.37. The molecule has 2 aromatic rings. The lowest BCUT2D eigenvalue weighted by Gasteiger charge is -2.12. The number of halogens is 4.